The lowest BCUT2D eigenvalue weighted by atomic mass is 9.99. The Labute approximate surface area is 165 Å². The average Bonchev–Trinajstić information content (AvgIpc) is 2.68. The predicted octanol–water partition coefficient (Wildman–Crippen LogP) is 3.61. The molecular formula is C23H27N3O2. The second-order valence-corrected chi connectivity index (χ2v) is 7.51. The maximum atomic E-state index is 12.8. The Morgan fingerprint density at radius 2 is 1.79 bits per heavy atom. The van der Waals surface area contributed by atoms with Gasteiger partial charge < -0.3 is 14.8 Å². The number of hydrogen-bond acceptors (Lipinski definition) is 3. The van der Waals surface area contributed by atoms with E-state index in [0.717, 1.165) is 23.1 Å². The molecule has 146 valence electrons. The Balaban J connectivity index is 1.87. The molecule has 1 heterocycles. The number of pyridine rings is 1. The fourth-order valence-corrected chi connectivity index (χ4v) is 3.16. The highest BCUT2D eigenvalue weighted by Crippen LogP contribution is 2.23. The third kappa shape index (κ3) is 4.31. The molecule has 1 unspecified atom stereocenters. The Morgan fingerprint density at radius 3 is 2.46 bits per heavy atom. The Hall–Kier alpha value is -2.92. The molecule has 1 N–H and O–H groups in total. The van der Waals surface area contributed by atoms with E-state index in [4.69, 9.17) is 0 Å². The van der Waals surface area contributed by atoms with E-state index in [1.165, 1.54) is 0 Å². The fraction of sp³-hybridized carbons (Fsp3) is 0.304. The number of carbonyl (C=O) groups is 1. The van der Waals surface area contributed by atoms with Gasteiger partial charge in [0.05, 0.1) is 5.92 Å². The van der Waals surface area contributed by atoms with Crippen molar-refractivity contribution in [1.82, 2.24) is 9.47 Å². The molecule has 0 fully saturated rings. The maximum absolute atomic E-state index is 12.8. The summed E-state index contributed by atoms with van der Waals surface area (Å²) in [6.07, 6.45) is 1.80. The van der Waals surface area contributed by atoms with E-state index in [9.17, 15) is 9.59 Å². The van der Waals surface area contributed by atoms with E-state index in [1.54, 1.807) is 10.8 Å². The first-order valence-corrected chi connectivity index (χ1v) is 9.51. The second-order valence-electron chi connectivity index (χ2n) is 7.51. The molecule has 3 aromatic rings. The molecule has 0 spiro atoms. The van der Waals surface area contributed by atoms with Crippen LogP contribution >= 0.6 is 0 Å². The van der Waals surface area contributed by atoms with Crippen LogP contribution in [0.1, 0.15) is 24.0 Å². The van der Waals surface area contributed by atoms with Gasteiger partial charge in [-0.2, -0.15) is 0 Å². The van der Waals surface area contributed by atoms with Crippen molar-refractivity contribution in [1.29, 1.82) is 0 Å². The molecule has 0 saturated carbocycles. The highest BCUT2D eigenvalue weighted by atomic mass is 16.2. The number of rotatable bonds is 6. The molecule has 5 nitrogen and oxygen atoms in total. The minimum atomic E-state index is -0.281. The predicted molar refractivity (Wildman–Crippen MR) is 115 cm³/mol. The van der Waals surface area contributed by atoms with Crippen LogP contribution in [0.5, 0.6) is 0 Å². The van der Waals surface area contributed by atoms with Crippen molar-refractivity contribution in [3.05, 3.63) is 76.2 Å². The average molecular weight is 377 g/mol. The molecule has 0 aliphatic heterocycles. The van der Waals surface area contributed by atoms with Gasteiger partial charge >= 0.3 is 0 Å². The van der Waals surface area contributed by atoms with Crippen molar-refractivity contribution in [3.63, 3.8) is 0 Å². The number of amides is 1. The summed E-state index contributed by atoms with van der Waals surface area (Å²) in [6.45, 7) is 5.33. The monoisotopic (exact) mass is 377 g/mol. The van der Waals surface area contributed by atoms with Gasteiger partial charge in [-0.05, 0) is 51.7 Å². The van der Waals surface area contributed by atoms with Crippen LogP contribution in [0.15, 0.2) is 59.5 Å². The van der Waals surface area contributed by atoms with Crippen LogP contribution in [-0.2, 0) is 11.3 Å². The van der Waals surface area contributed by atoms with Gasteiger partial charge in [-0.3, -0.25) is 9.59 Å². The molecule has 3 rings (SSSR count). The van der Waals surface area contributed by atoms with E-state index < -0.39 is 0 Å². The van der Waals surface area contributed by atoms with Gasteiger partial charge in [-0.1, -0.05) is 35.9 Å². The molecule has 1 amide bonds. The van der Waals surface area contributed by atoms with Crippen LogP contribution in [0.25, 0.3) is 10.8 Å². The first kappa shape index (κ1) is 19.8. The molecule has 2 aromatic carbocycles. The molecule has 0 saturated heterocycles. The lowest BCUT2D eigenvalue weighted by Crippen LogP contribution is -2.26. The largest absolute Gasteiger partial charge is 0.325 e. The van der Waals surface area contributed by atoms with Crippen LogP contribution in [0.4, 0.5) is 5.69 Å². The number of anilines is 1. The smallest absolute Gasteiger partial charge is 0.258 e. The number of nitrogens with one attached hydrogen (secondary N) is 1. The van der Waals surface area contributed by atoms with Gasteiger partial charge in [0.2, 0.25) is 5.91 Å². The quantitative estimate of drug-likeness (QED) is 0.714. The topological polar surface area (TPSA) is 54.3 Å². The van der Waals surface area contributed by atoms with Crippen molar-refractivity contribution in [2.24, 2.45) is 0 Å². The lowest BCUT2D eigenvalue weighted by Gasteiger charge is -2.15. The van der Waals surface area contributed by atoms with Crippen molar-refractivity contribution < 1.29 is 4.79 Å². The zero-order valence-corrected chi connectivity index (χ0v) is 16.9. The zero-order valence-electron chi connectivity index (χ0n) is 16.9. The highest BCUT2D eigenvalue weighted by molar-refractivity contribution is 6.03. The van der Waals surface area contributed by atoms with Crippen molar-refractivity contribution in [3.8, 4) is 0 Å². The van der Waals surface area contributed by atoms with Crippen LogP contribution in [-0.4, -0.2) is 36.0 Å². The summed E-state index contributed by atoms with van der Waals surface area (Å²) < 4.78 is 1.71. The fourth-order valence-electron chi connectivity index (χ4n) is 3.16. The Bertz CT molecular complexity index is 1040. The number of likely N-dealkylation sites (N-methyl/N-ethyl adjacent to an activating group) is 1. The number of hydrogen-bond donors (Lipinski definition) is 1. The maximum Gasteiger partial charge on any atom is 0.258 e. The highest BCUT2D eigenvalue weighted by Gasteiger charge is 2.16. The van der Waals surface area contributed by atoms with Gasteiger partial charge in [-0.15, -0.1) is 0 Å². The van der Waals surface area contributed by atoms with Crippen LogP contribution in [0.3, 0.4) is 0 Å². The van der Waals surface area contributed by atoms with Crippen molar-refractivity contribution in [2.45, 2.75) is 26.3 Å². The lowest BCUT2D eigenvalue weighted by molar-refractivity contribution is -0.117. The third-order valence-electron chi connectivity index (χ3n) is 5.04. The van der Waals surface area contributed by atoms with Gasteiger partial charge in [0.1, 0.15) is 0 Å². The van der Waals surface area contributed by atoms with Gasteiger partial charge in [0, 0.05) is 35.7 Å². The summed E-state index contributed by atoms with van der Waals surface area (Å²) in [5, 5.41) is 4.37. The summed E-state index contributed by atoms with van der Waals surface area (Å²) in [7, 11) is 3.96. The number of aryl methyl sites for hydroxylation is 1. The number of benzene rings is 2. The van der Waals surface area contributed by atoms with Crippen LogP contribution < -0.4 is 10.9 Å². The minimum Gasteiger partial charge on any atom is -0.325 e. The molecule has 0 aliphatic rings. The van der Waals surface area contributed by atoms with E-state index in [0.29, 0.717) is 17.6 Å². The van der Waals surface area contributed by atoms with E-state index in [1.807, 2.05) is 81.4 Å². The SMILES string of the molecule is Cc1ccc(C(C)C(=O)Nc2cccc3c(=O)n(CCN(C)C)ccc23)cc1. The molecule has 1 atom stereocenters. The summed E-state index contributed by atoms with van der Waals surface area (Å²) in [5.74, 6) is -0.371. The molecule has 5 heteroatoms. The van der Waals surface area contributed by atoms with Crippen LogP contribution in [0.2, 0.25) is 0 Å². The summed E-state index contributed by atoms with van der Waals surface area (Å²) in [4.78, 5) is 27.6. The van der Waals surface area contributed by atoms with Gasteiger partial charge in [0.25, 0.3) is 5.56 Å². The molecule has 0 bridgehead atoms. The zero-order chi connectivity index (χ0) is 20.3. The molecule has 1 aromatic heterocycles. The number of aromatic nitrogens is 1. The first-order chi connectivity index (χ1) is 13.4. The van der Waals surface area contributed by atoms with E-state index in [2.05, 4.69) is 5.32 Å². The molecular weight excluding hydrogens is 350 g/mol. The van der Waals surface area contributed by atoms with E-state index >= 15 is 0 Å². The van der Waals surface area contributed by atoms with E-state index in [-0.39, 0.29) is 17.4 Å². The van der Waals surface area contributed by atoms with Crippen molar-refractivity contribution in [2.75, 3.05) is 26.0 Å². The number of carbonyl (C=O) groups excluding carboxylic acids is 1. The standard InChI is InChI=1S/C23H27N3O2/c1-16-8-10-18(11-9-16)17(2)22(27)24-21-7-5-6-20-19(21)12-13-26(23(20)28)15-14-25(3)4/h5-13,17H,14-15H2,1-4H3,(H,24,27). The summed E-state index contributed by atoms with van der Waals surface area (Å²) in [5.41, 5.74) is 2.76. The Kier molecular flexibility index (Phi) is 5.95. The molecule has 0 aliphatic carbocycles. The van der Waals surface area contributed by atoms with Gasteiger partial charge in [-0.25, -0.2) is 0 Å². The number of fused-ring (bicyclic) bond motifs is 1. The normalized spacial score (nSPS) is 12.3. The first-order valence-electron chi connectivity index (χ1n) is 9.51. The number of nitrogens with zero attached hydrogens (tertiary/aromatic N) is 2. The van der Waals surface area contributed by atoms with Gasteiger partial charge in [0.15, 0.2) is 0 Å². The minimum absolute atomic E-state index is 0.0398. The van der Waals surface area contributed by atoms with Crippen LogP contribution in [0, 0.1) is 6.92 Å². The second kappa shape index (κ2) is 8.40. The third-order valence-corrected chi connectivity index (χ3v) is 5.04. The summed E-state index contributed by atoms with van der Waals surface area (Å²) in [6, 6.07) is 15.3. The Morgan fingerprint density at radius 1 is 1.07 bits per heavy atom. The van der Waals surface area contributed by atoms with Crippen molar-refractivity contribution >= 4 is 22.4 Å². The summed E-state index contributed by atoms with van der Waals surface area (Å²) >= 11 is 0. The molecule has 28 heavy (non-hydrogen) atoms. The molecule has 0 radical (unpaired) electrons.